The normalized spacial score (nSPS) is 27.6. The van der Waals surface area contributed by atoms with Crippen LogP contribution in [0.5, 0.6) is 5.75 Å². The molecule has 1 aromatic rings. The molecule has 0 bridgehead atoms. The lowest BCUT2D eigenvalue weighted by Crippen LogP contribution is -2.52. The number of aromatic nitrogens is 1. The first kappa shape index (κ1) is 12.7. The number of hydrogen-bond acceptors (Lipinski definition) is 3. The summed E-state index contributed by atoms with van der Waals surface area (Å²) in [6, 6.07) is 3.81. The molecule has 0 aromatic carbocycles. The van der Waals surface area contributed by atoms with Crippen LogP contribution in [-0.4, -0.2) is 29.2 Å². The Hall–Kier alpha value is -0.800. The molecule has 3 nitrogen and oxygen atoms in total. The minimum absolute atomic E-state index is 0.0104. The Kier molecular flexibility index (Phi) is 4.24. The highest BCUT2D eigenvalue weighted by Gasteiger charge is 2.42. The summed E-state index contributed by atoms with van der Waals surface area (Å²) >= 11 is 6.13. The zero-order valence-corrected chi connectivity index (χ0v) is 11.0. The van der Waals surface area contributed by atoms with Crippen LogP contribution >= 0.6 is 11.6 Å². The fourth-order valence-electron chi connectivity index (χ4n) is 1.87. The molecule has 0 saturated heterocycles. The largest absolute Gasteiger partial charge is 0.486 e. The lowest BCUT2D eigenvalue weighted by molar-refractivity contribution is -0.0800. The van der Waals surface area contributed by atoms with Crippen LogP contribution in [0.25, 0.3) is 0 Å². The molecule has 1 aromatic heterocycles. The third-order valence-corrected chi connectivity index (χ3v) is 3.36. The van der Waals surface area contributed by atoms with Crippen molar-refractivity contribution in [1.29, 1.82) is 0 Å². The maximum Gasteiger partial charge on any atom is 0.141 e. The topological polar surface area (TPSA) is 31.4 Å². The lowest BCUT2D eigenvalue weighted by atomic mass is 9.91. The highest BCUT2D eigenvalue weighted by Crippen LogP contribution is 2.33. The molecule has 1 aliphatic rings. The molecule has 94 valence electrons. The van der Waals surface area contributed by atoms with Crippen molar-refractivity contribution in [2.75, 3.05) is 6.61 Å². The van der Waals surface area contributed by atoms with Gasteiger partial charge in [-0.3, -0.25) is 4.98 Å². The summed E-state index contributed by atoms with van der Waals surface area (Å²) < 4.78 is 11.6. The summed E-state index contributed by atoms with van der Waals surface area (Å²) in [6.07, 6.45) is 3.67. The van der Waals surface area contributed by atoms with Gasteiger partial charge in [0, 0.05) is 19.2 Å². The van der Waals surface area contributed by atoms with Crippen molar-refractivity contribution in [3.05, 3.63) is 24.0 Å². The predicted octanol–water partition coefficient (Wildman–Crippen LogP) is 2.94. The second-order valence-corrected chi connectivity index (χ2v) is 4.89. The molecule has 0 aliphatic heterocycles. The van der Waals surface area contributed by atoms with E-state index in [9.17, 15) is 0 Å². The van der Waals surface area contributed by atoms with Crippen LogP contribution in [0.4, 0.5) is 0 Å². The second-order valence-electron chi connectivity index (χ2n) is 4.33. The average Bonchev–Trinajstić information content (AvgIpc) is 2.31. The van der Waals surface area contributed by atoms with Crippen molar-refractivity contribution in [2.24, 2.45) is 0 Å². The predicted molar refractivity (Wildman–Crippen MR) is 67.7 cm³/mol. The lowest BCUT2D eigenvalue weighted by Gasteiger charge is -2.40. The zero-order chi connectivity index (χ0) is 12.3. The van der Waals surface area contributed by atoms with Gasteiger partial charge < -0.3 is 9.47 Å². The third-order valence-electron chi connectivity index (χ3n) is 2.93. The van der Waals surface area contributed by atoms with E-state index in [1.54, 1.807) is 6.20 Å². The molecule has 1 aliphatic carbocycles. The van der Waals surface area contributed by atoms with E-state index in [2.05, 4.69) is 11.9 Å². The van der Waals surface area contributed by atoms with Gasteiger partial charge in [0.15, 0.2) is 0 Å². The molecule has 1 saturated carbocycles. The van der Waals surface area contributed by atoms with Crippen LogP contribution in [0.15, 0.2) is 18.3 Å². The van der Waals surface area contributed by atoms with Gasteiger partial charge in [0.05, 0.1) is 11.1 Å². The second kappa shape index (κ2) is 5.69. The molecule has 4 heteroatoms. The molecule has 0 spiro atoms. The van der Waals surface area contributed by atoms with E-state index in [1.807, 2.05) is 19.1 Å². The van der Waals surface area contributed by atoms with Crippen LogP contribution < -0.4 is 4.74 Å². The highest BCUT2D eigenvalue weighted by atomic mass is 35.5. The molecule has 0 radical (unpaired) electrons. The van der Waals surface area contributed by atoms with E-state index in [4.69, 9.17) is 21.1 Å². The first-order chi connectivity index (χ1) is 8.22. The van der Waals surface area contributed by atoms with Crippen LogP contribution in [-0.2, 0) is 4.74 Å². The standard InChI is InChI=1S/C13H18ClNO2/c1-3-7-16-13-10(14)8-12(13)17-11-5-4-6-15-9(11)2/h4-6,10,12-13H,3,7-8H2,1-2H3. The monoisotopic (exact) mass is 255 g/mol. The first-order valence-corrected chi connectivity index (χ1v) is 6.50. The van der Waals surface area contributed by atoms with Crippen LogP contribution in [0, 0.1) is 6.92 Å². The van der Waals surface area contributed by atoms with E-state index >= 15 is 0 Å². The van der Waals surface area contributed by atoms with Gasteiger partial charge in [0.1, 0.15) is 18.0 Å². The quantitative estimate of drug-likeness (QED) is 0.758. The minimum atomic E-state index is 0.0104. The summed E-state index contributed by atoms with van der Waals surface area (Å²) in [4.78, 5) is 4.20. The Balaban J connectivity index is 1.93. The molecule has 3 unspecified atom stereocenters. The van der Waals surface area contributed by atoms with E-state index in [0.29, 0.717) is 0 Å². The minimum Gasteiger partial charge on any atom is -0.486 e. The van der Waals surface area contributed by atoms with Gasteiger partial charge in [-0.2, -0.15) is 0 Å². The van der Waals surface area contributed by atoms with Crippen molar-refractivity contribution in [1.82, 2.24) is 4.98 Å². The summed E-state index contributed by atoms with van der Waals surface area (Å²) in [7, 11) is 0. The molecule has 1 fully saturated rings. The molecule has 1 heterocycles. The Bertz CT molecular complexity index is 372. The number of hydrogen-bond donors (Lipinski definition) is 0. The van der Waals surface area contributed by atoms with Gasteiger partial charge >= 0.3 is 0 Å². The van der Waals surface area contributed by atoms with Gasteiger partial charge in [-0.1, -0.05) is 6.92 Å². The summed E-state index contributed by atoms with van der Waals surface area (Å²) in [6.45, 7) is 4.76. The van der Waals surface area contributed by atoms with E-state index in [0.717, 1.165) is 30.9 Å². The summed E-state index contributed by atoms with van der Waals surface area (Å²) in [5.74, 6) is 0.825. The molecule has 0 amide bonds. The van der Waals surface area contributed by atoms with Crippen LogP contribution in [0.2, 0.25) is 0 Å². The number of ether oxygens (including phenoxy) is 2. The maximum absolute atomic E-state index is 6.13. The van der Waals surface area contributed by atoms with Crippen LogP contribution in [0.1, 0.15) is 25.5 Å². The number of pyridine rings is 1. The number of halogens is 1. The molecule has 0 N–H and O–H groups in total. The molecule has 2 rings (SSSR count). The van der Waals surface area contributed by atoms with Gasteiger partial charge in [-0.25, -0.2) is 0 Å². The maximum atomic E-state index is 6.13. The van der Waals surface area contributed by atoms with Gasteiger partial charge in [0.25, 0.3) is 0 Å². The molecule has 17 heavy (non-hydrogen) atoms. The number of aryl methyl sites for hydroxylation is 1. The number of alkyl halides is 1. The van der Waals surface area contributed by atoms with Crippen molar-refractivity contribution in [3.63, 3.8) is 0 Å². The Morgan fingerprint density at radius 3 is 3.00 bits per heavy atom. The fraction of sp³-hybridized carbons (Fsp3) is 0.615. The smallest absolute Gasteiger partial charge is 0.141 e. The van der Waals surface area contributed by atoms with Crippen molar-refractivity contribution in [3.8, 4) is 5.75 Å². The van der Waals surface area contributed by atoms with Gasteiger partial charge in [0.2, 0.25) is 0 Å². The highest BCUT2D eigenvalue weighted by molar-refractivity contribution is 6.21. The van der Waals surface area contributed by atoms with Crippen molar-refractivity contribution >= 4 is 11.6 Å². The molecular formula is C13H18ClNO2. The fourth-order valence-corrected chi connectivity index (χ4v) is 2.28. The number of rotatable bonds is 5. The van der Waals surface area contributed by atoms with Gasteiger partial charge in [-0.15, -0.1) is 11.6 Å². The van der Waals surface area contributed by atoms with Crippen LogP contribution in [0.3, 0.4) is 0 Å². The third kappa shape index (κ3) is 2.90. The first-order valence-electron chi connectivity index (χ1n) is 6.06. The van der Waals surface area contributed by atoms with Crippen molar-refractivity contribution in [2.45, 2.75) is 44.3 Å². The average molecular weight is 256 g/mol. The Morgan fingerprint density at radius 2 is 2.35 bits per heavy atom. The van der Waals surface area contributed by atoms with E-state index in [1.165, 1.54) is 0 Å². The number of nitrogens with zero attached hydrogens (tertiary/aromatic N) is 1. The Labute approximate surface area is 107 Å². The van der Waals surface area contributed by atoms with Crippen molar-refractivity contribution < 1.29 is 9.47 Å². The zero-order valence-electron chi connectivity index (χ0n) is 10.2. The van der Waals surface area contributed by atoms with Gasteiger partial charge in [-0.05, 0) is 25.5 Å². The van der Waals surface area contributed by atoms with E-state index in [-0.39, 0.29) is 17.6 Å². The molecule has 3 atom stereocenters. The Morgan fingerprint density at radius 1 is 1.53 bits per heavy atom. The van der Waals surface area contributed by atoms with E-state index < -0.39 is 0 Å². The SMILES string of the molecule is CCCOC1C(Cl)CC1Oc1cccnc1C. The molecular weight excluding hydrogens is 238 g/mol. The summed E-state index contributed by atoms with van der Waals surface area (Å²) in [5, 5.41) is 0.0727. The summed E-state index contributed by atoms with van der Waals surface area (Å²) in [5.41, 5.74) is 0.903.